The third-order valence-corrected chi connectivity index (χ3v) is 5.07. The van der Waals surface area contributed by atoms with E-state index in [9.17, 15) is 13.2 Å². The van der Waals surface area contributed by atoms with E-state index in [-0.39, 0.29) is 5.75 Å². The number of primary amides is 1. The van der Waals surface area contributed by atoms with E-state index in [1.54, 1.807) is 10.9 Å². The second-order valence-electron chi connectivity index (χ2n) is 5.65. The quantitative estimate of drug-likeness (QED) is 0.731. The van der Waals surface area contributed by atoms with Crippen molar-refractivity contribution in [1.82, 2.24) is 9.78 Å². The Morgan fingerprint density at radius 2 is 1.60 bits per heavy atom. The first-order valence-electron chi connectivity index (χ1n) is 7.63. The van der Waals surface area contributed by atoms with E-state index >= 15 is 0 Å². The van der Waals surface area contributed by atoms with Crippen LogP contribution in [0.2, 0.25) is 0 Å². The number of benzene rings is 2. The highest BCUT2D eigenvalue weighted by Crippen LogP contribution is 2.25. The van der Waals surface area contributed by atoms with Crippen LogP contribution in [-0.4, -0.2) is 29.9 Å². The van der Waals surface area contributed by atoms with Gasteiger partial charge in [-0.05, 0) is 12.1 Å². The van der Waals surface area contributed by atoms with Crippen molar-refractivity contribution in [2.75, 3.05) is 5.75 Å². The lowest BCUT2D eigenvalue weighted by Gasteiger charge is -2.03. The van der Waals surface area contributed by atoms with Gasteiger partial charge in [-0.15, -0.1) is 0 Å². The second kappa shape index (κ2) is 6.90. The van der Waals surface area contributed by atoms with Crippen LogP contribution in [0.5, 0.6) is 0 Å². The molecule has 2 N–H and O–H groups in total. The Balaban J connectivity index is 2.06. The van der Waals surface area contributed by atoms with Gasteiger partial charge in [-0.3, -0.25) is 4.79 Å². The molecule has 0 aliphatic heterocycles. The van der Waals surface area contributed by atoms with Crippen molar-refractivity contribution in [2.24, 2.45) is 5.73 Å². The van der Waals surface area contributed by atoms with Gasteiger partial charge in [0.05, 0.1) is 17.1 Å². The van der Waals surface area contributed by atoms with Gasteiger partial charge in [0.15, 0.2) is 9.84 Å². The van der Waals surface area contributed by atoms with Gasteiger partial charge in [0.2, 0.25) is 5.91 Å². The van der Waals surface area contributed by atoms with Gasteiger partial charge in [-0.25, -0.2) is 13.1 Å². The zero-order valence-electron chi connectivity index (χ0n) is 13.4. The van der Waals surface area contributed by atoms with E-state index in [2.05, 4.69) is 5.10 Å². The normalized spacial score (nSPS) is 11.4. The molecule has 0 fully saturated rings. The summed E-state index contributed by atoms with van der Waals surface area (Å²) >= 11 is 0. The Bertz CT molecular complexity index is 981. The summed E-state index contributed by atoms with van der Waals surface area (Å²) in [7, 11) is -3.66. The molecule has 0 spiro atoms. The van der Waals surface area contributed by atoms with Crippen LogP contribution in [0.25, 0.3) is 16.9 Å². The molecule has 0 atom stereocenters. The molecule has 7 heteroatoms. The molecule has 25 heavy (non-hydrogen) atoms. The van der Waals surface area contributed by atoms with Crippen LogP contribution < -0.4 is 5.73 Å². The molecular weight excluding hydrogens is 338 g/mol. The van der Waals surface area contributed by atoms with Gasteiger partial charge >= 0.3 is 0 Å². The minimum absolute atomic E-state index is 0.299. The summed E-state index contributed by atoms with van der Waals surface area (Å²) in [6, 6.07) is 18.7. The number of para-hydroxylation sites is 1. The zero-order chi connectivity index (χ0) is 17.9. The number of amides is 1. The summed E-state index contributed by atoms with van der Waals surface area (Å²) in [5.41, 5.74) is 7.75. The number of hydrogen-bond donors (Lipinski definition) is 1. The van der Waals surface area contributed by atoms with Crippen LogP contribution in [0.1, 0.15) is 5.56 Å². The Morgan fingerprint density at radius 3 is 2.20 bits per heavy atom. The van der Waals surface area contributed by atoms with Gasteiger partial charge in [-0.2, -0.15) is 5.10 Å². The largest absolute Gasteiger partial charge is 0.369 e. The topological polar surface area (TPSA) is 95.0 Å². The number of carbonyl (C=O) groups is 1. The number of nitrogens with two attached hydrogens (primary N) is 1. The van der Waals surface area contributed by atoms with E-state index in [1.165, 1.54) is 0 Å². The van der Waals surface area contributed by atoms with Crippen molar-refractivity contribution >= 4 is 15.7 Å². The van der Waals surface area contributed by atoms with Crippen LogP contribution in [0.4, 0.5) is 0 Å². The highest BCUT2D eigenvalue weighted by Gasteiger charge is 2.21. The van der Waals surface area contributed by atoms with Crippen molar-refractivity contribution in [3.05, 3.63) is 72.4 Å². The molecule has 6 nitrogen and oxygen atoms in total. The molecule has 1 aromatic heterocycles. The molecule has 128 valence electrons. The molecule has 1 heterocycles. The Morgan fingerprint density at radius 1 is 1.00 bits per heavy atom. The molecule has 0 saturated carbocycles. The lowest BCUT2D eigenvalue weighted by atomic mass is 10.1. The monoisotopic (exact) mass is 355 g/mol. The third-order valence-electron chi connectivity index (χ3n) is 3.60. The minimum atomic E-state index is -3.66. The molecule has 0 aliphatic carbocycles. The highest BCUT2D eigenvalue weighted by molar-refractivity contribution is 7.91. The molecule has 0 unspecified atom stereocenters. The van der Waals surface area contributed by atoms with Crippen LogP contribution in [0.3, 0.4) is 0 Å². The molecular formula is C18H17N3O3S. The summed E-state index contributed by atoms with van der Waals surface area (Å²) in [6.45, 7) is 0. The average Bonchev–Trinajstić information content (AvgIpc) is 2.98. The molecule has 0 bridgehead atoms. The van der Waals surface area contributed by atoms with E-state index in [1.807, 2.05) is 60.7 Å². The van der Waals surface area contributed by atoms with Crippen LogP contribution in [-0.2, 0) is 20.4 Å². The smallest absolute Gasteiger partial charge is 0.232 e. The van der Waals surface area contributed by atoms with Gasteiger partial charge in [-0.1, -0.05) is 48.5 Å². The summed E-state index contributed by atoms with van der Waals surface area (Å²) < 4.78 is 26.0. The van der Waals surface area contributed by atoms with Crippen molar-refractivity contribution in [3.8, 4) is 16.9 Å². The third kappa shape index (κ3) is 4.13. The van der Waals surface area contributed by atoms with Gasteiger partial charge in [0.1, 0.15) is 5.75 Å². The molecule has 2 aromatic carbocycles. The SMILES string of the molecule is NC(=O)CS(=O)(=O)Cc1cn(-c2ccccc2)nc1-c1ccccc1. The van der Waals surface area contributed by atoms with Gasteiger partial charge < -0.3 is 5.73 Å². The lowest BCUT2D eigenvalue weighted by molar-refractivity contribution is -0.115. The van der Waals surface area contributed by atoms with Crippen molar-refractivity contribution < 1.29 is 13.2 Å². The molecule has 0 radical (unpaired) electrons. The fraction of sp³-hybridized carbons (Fsp3) is 0.111. The molecule has 0 aliphatic rings. The number of hydrogen-bond acceptors (Lipinski definition) is 4. The first-order valence-corrected chi connectivity index (χ1v) is 9.45. The molecule has 3 aromatic rings. The first kappa shape index (κ1) is 16.9. The van der Waals surface area contributed by atoms with Crippen LogP contribution in [0.15, 0.2) is 66.9 Å². The number of nitrogens with zero attached hydrogens (tertiary/aromatic N) is 2. The van der Waals surface area contributed by atoms with E-state index in [0.29, 0.717) is 11.3 Å². The molecule has 3 rings (SSSR count). The van der Waals surface area contributed by atoms with E-state index in [4.69, 9.17) is 5.73 Å². The van der Waals surface area contributed by atoms with Gasteiger partial charge in [0, 0.05) is 17.3 Å². The number of rotatable bonds is 6. The fourth-order valence-electron chi connectivity index (χ4n) is 2.57. The highest BCUT2D eigenvalue weighted by atomic mass is 32.2. The Hall–Kier alpha value is -2.93. The van der Waals surface area contributed by atoms with Gasteiger partial charge in [0.25, 0.3) is 0 Å². The Kier molecular flexibility index (Phi) is 4.67. The van der Waals surface area contributed by atoms with Crippen LogP contribution >= 0.6 is 0 Å². The van der Waals surface area contributed by atoms with E-state index in [0.717, 1.165) is 11.3 Å². The Labute approximate surface area is 145 Å². The van der Waals surface area contributed by atoms with E-state index < -0.39 is 21.5 Å². The van der Waals surface area contributed by atoms with Crippen LogP contribution in [0, 0.1) is 0 Å². The van der Waals surface area contributed by atoms with Crippen molar-refractivity contribution in [2.45, 2.75) is 5.75 Å². The predicted molar refractivity (Wildman–Crippen MR) is 95.7 cm³/mol. The fourth-order valence-corrected chi connectivity index (χ4v) is 3.79. The number of aromatic nitrogens is 2. The number of carbonyl (C=O) groups excluding carboxylic acids is 1. The maximum atomic E-state index is 12.2. The zero-order valence-corrected chi connectivity index (χ0v) is 14.2. The summed E-state index contributed by atoms with van der Waals surface area (Å²) in [4.78, 5) is 11.0. The molecule has 1 amide bonds. The second-order valence-corrected chi connectivity index (χ2v) is 7.71. The lowest BCUT2D eigenvalue weighted by Crippen LogP contribution is -2.24. The summed E-state index contributed by atoms with van der Waals surface area (Å²) in [5, 5.41) is 4.55. The number of sulfone groups is 1. The maximum absolute atomic E-state index is 12.2. The summed E-state index contributed by atoms with van der Waals surface area (Å²) in [5.74, 6) is -1.85. The maximum Gasteiger partial charge on any atom is 0.232 e. The summed E-state index contributed by atoms with van der Waals surface area (Å²) in [6.07, 6.45) is 1.68. The minimum Gasteiger partial charge on any atom is -0.369 e. The standard InChI is InChI=1S/C18H17N3O3S/c19-17(22)13-25(23,24)12-15-11-21(16-9-5-2-6-10-16)20-18(15)14-7-3-1-4-8-14/h1-11H,12-13H2,(H2,19,22). The van der Waals surface area contributed by atoms with Crippen molar-refractivity contribution in [1.29, 1.82) is 0 Å². The first-order chi connectivity index (χ1) is 11.9. The van der Waals surface area contributed by atoms with Crippen molar-refractivity contribution in [3.63, 3.8) is 0 Å². The predicted octanol–water partition coefficient (Wildman–Crippen LogP) is 1.94. The average molecular weight is 355 g/mol. The molecule has 0 saturated heterocycles.